The lowest BCUT2D eigenvalue weighted by molar-refractivity contribution is 0.00668. The van der Waals surface area contributed by atoms with Crippen molar-refractivity contribution in [3.8, 4) is 0 Å². The monoisotopic (exact) mass is 489 g/mol. The molecule has 3 heterocycles. The fourth-order valence-corrected chi connectivity index (χ4v) is 5.42. The molecule has 35 heavy (non-hydrogen) atoms. The van der Waals surface area contributed by atoms with Crippen LogP contribution in [0.4, 0.5) is 19.3 Å². The number of hydrogen-bond donors (Lipinski definition) is 1. The summed E-state index contributed by atoms with van der Waals surface area (Å²) in [4.78, 5) is 40.4. The van der Waals surface area contributed by atoms with Crippen LogP contribution in [0.15, 0.2) is 17.1 Å². The molecule has 3 aliphatic rings. The maximum Gasteiger partial charge on any atom is 0.410 e. The van der Waals surface area contributed by atoms with Crippen LogP contribution in [-0.2, 0) is 4.74 Å². The lowest BCUT2D eigenvalue weighted by Crippen LogP contribution is -2.50. The zero-order valence-electron chi connectivity index (χ0n) is 20.0. The minimum atomic E-state index is -1.43. The number of carboxylic acid groups (broad SMARTS) is 1. The highest BCUT2D eigenvalue weighted by Crippen LogP contribution is 2.41. The van der Waals surface area contributed by atoms with Crippen LogP contribution in [0.3, 0.4) is 0 Å². The number of likely N-dealkylation sites (tertiary alicyclic amines) is 1. The first-order valence-electron chi connectivity index (χ1n) is 12.0. The van der Waals surface area contributed by atoms with Crippen LogP contribution in [0.1, 0.15) is 62.9 Å². The third-order valence-electron chi connectivity index (χ3n) is 7.08. The predicted molar refractivity (Wildman–Crippen MR) is 125 cm³/mol. The van der Waals surface area contributed by atoms with E-state index in [1.54, 1.807) is 30.6 Å². The Hall–Kier alpha value is -3.17. The number of piperidine rings is 1. The summed E-state index contributed by atoms with van der Waals surface area (Å²) in [5, 5.41) is 9.15. The Morgan fingerprint density at radius 3 is 2.49 bits per heavy atom. The average molecular weight is 490 g/mol. The number of hydrogen-bond acceptors (Lipinski definition) is 5. The van der Waals surface area contributed by atoms with Gasteiger partial charge in [-0.05, 0) is 58.4 Å². The largest absolute Gasteiger partial charge is 0.477 e. The molecule has 188 valence electrons. The van der Waals surface area contributed by atoms with E-state index >= 15 is 8.78 Å². The molecule has 1 amide bonds. The number of fused-ring (bicyclic) bond motifs is 2. The second-order valence-electron chi connectivity index (χ2n) is 10.8. The highest BCUT2D eigenvalue weighted by Gasteiger charge is 2.44. The van der Waals surface area contributed by atoms with E-state index in [9.17, 15) is 19.5 Å². The quantitative estimate of drug-likeness (QED) is 0.697. The molecule has 1 aromatic carbocycles. The number of rotatable bonds is 3. The number of aromatic nitrogens is 1. The fraction of sp³-hybridized carbons (Fsp3) is 0.560. The highest BCUT2D eigenvalue weighted by atomic mass is 19.1. The number of benzene rings is 1. The lowest BCUT2D eigenvalue weighted by Gasteiger charge is -2.37. The van der Waals surface area contributed by atoms with E-state index < -0.39 is 40.3 Å². The van der Waals surface area contributed by atoms with E-state index in [-0.39, 0.29) is 41.1 Å². The van der Waals surface area contributed by atoms with Gasteiger partial charge < -0.3 is 24.2 Å². The van der Waals surface area contributed by atoms with E-state index in [1.165, 1.54) is 10.8 Å². The number of pyridine rings is 1. The maximum absolute atomic E-state index is 16.0. The molecule has 3 fully saturated rings. The van der Waals surface area contributed by atoms with Crippen molar-refractivity contribution in [1.82, 2.24) is 9.47 Å². The summed E-state index contributed by atoms with van der Waals surface area (Å²) in [6, 6.07) is 0.579. The zero-order chi connectivity index (χ0) is 25.2. The van der Waals surface area contributed by atoms with Crippen molar-refractivity contribution in [3.05, 3.63) is 39.7 Å². The third-order valence-corrected chi connectivity index (χ3v) is 7.08. The standard InChI is InChI=1S/C25H29F2N3O5/c1-25(2,3)35-24(34)29-8-4-5-13-10-28(12-18(13)29)21-17(26)9-15-20(19(21)27)30(14-6-7-14)11-16(22(15)31)23(32)33/h9,11,13-14,18H,4-8,10,12H2,1-3H3,(H,32,33). The van der Waals surface area contributed by atoms with Crippen LogP contribution < -0.4 is 10.3 Å². The van der Waals surface area contributed by atoms with Gasteiger partial charge in [-0.3, -0.25) is 4.79 Å². The van der Waals surface area contributed by atoms with Gasteiger partial charge in [0.1, 0.15) is 22.7 Å². The summed E-state index contributed by atoms with van der Waals surface area (Å²) >= 11 is 0. The van der Waals surface area contributed by atoms with Crippen molar-refractivity contribution in [1.29, 1.82) is 0 Å². The summed E-state index contributed by atoms with van der Waals surface area (Å²) < 4.78 is 38.4. The SMILES string of the molecule is CC(C)(C)OC(=O)N1CCCC2CN(c3c(F)cc4c(=O)c(C(=O)O)cn(C5CC5)c4c3F)CC21. The van der Waals surface area contributed by atoms with Gasteiger partial charge in [0.25, 0.3) is 0 Å². The number of halogens is 2. The van der Waals surface area contributed by atoms with Crippen molar-refractivity contribution in [3.63, 3.8) is 0 Å². The van der Waals surface area contributed by atoms with Crippen LogP contribution in [0.25, 0.3) is 10.9 Å². The van der Waals surface area contributed by atoms with Crippen LogP contribution in [0.5, 0.6) is 0 Å². The van der Waals surface area contributed by atoms with Gasteiger partial charge >= 0.3 is 12.1 Å². The van der Waals surface area contributed by atoms with Crippen molar-refractivity contribution in [2.24, 2.45) is 5.92 Å². The lowest BCUT2D eigenvalue weighted by atomic mass is 9.92. The number of ether oxygens (including phenoxy) is 1. The predicted octanol–water partition coefficient (Wildman–Crippen LogP) is 4.15. The van der Waals surface area contributed by atoms with Gasteiger partial charge in [-0.2, -0.15) is 0 Å². The van der Waals surface area contributed by atoms with Crippen LogP contribution in [0, 0.1) is 17.6 Å². The molecule has 5 rings (SSSR count). The molecular weight excluding hydrogens is 460 g/mol. The average Bonchev–Trinajstić information content (AvgIpc) is 3.51. The van der Waals surface area contributed by atoms with Gasteiger partial charge in [0.05, 0.1) is 16.9 Å². The Morgan fingerprint density at radius 2 is 1.86 bits per heavy atom. The van der Waals surface area contributed by atoms with Crippen LogP contribution >= 0.6 is 0 Å². The fourth-order valence-electron chi connectivity index (χ4n) is 5.42. The summed E-state index contributed by atoms with van der Waals surface area (Å²) in [5.74, 6) is -3.18. The van der Waals surface area contributed by atoms with Crippen LogP contribution in [0.2, 0.25) is 0 Å². The number of carboxylic acids is 1. The molecule has 0 spiro atoms. The summed E-state index contributed by atoms with van der Waals surface area (Å²) in [5.41, 5.74) is -2.37. The summed E-state index contributed by atoms with van der Waals surface area (Å²) in [6.07, 6.45) is 3.78. The maximum atomic E-state index is 16.0. The minimum absolute atomic E-state index is 0.0331. The van der Waals surface area contributed by atoms with E-state index in [2.05, 4.69) is 0 Å². The van der Waals surface area contributed by atoms with Crippen molar-refractivity contribution in [2.45, 2.75) is 64.1 Å². The minimum Gasteiger partial charge on any atom is -0.477 e. The summed E-state index contributed by atoms with van der Waals surface area (Å²) in [7, 11) is 0. The molecule has 0 bridgehead atoms. The third kappa shape index (κ3) is 4.12. The topological polar surface area (TPSA) is 92.1 Å². The Morgan fingerprint density at radius 1 is 1.14 bits per heavy atom. The van der Waals surface area contributed by atoms with Crippen molar-refractivity contribution in [2.75, 3.05) is 24.5 Å². The zero-order valence-corrected chi connectivity index (χ0v) is 20.0. The van der Waals surface area contributed by atoms with Crippen molar-refractivity contribution >= 4 is 28.7 Å². The number of carbonyl (C=O) groups excluding carboxylic acids is 1. The Labute approximate surface area is 201 Å². The number of amides is 1. The molecule has 1 aliphatic carbocycles. The second kappa shape index (κ2) is 8.20. The van der Waals surface area contributed by atoms with Gasteiger partial charge in [-0.15, -0.1) is 0 Å². The molecule has 2 saturated heterocycles. The number of carbonyl (C=O) groups is 2. The molecule has 1 N–H and O–H groups in total. The molecule has 10 heteroatoms. The first-order valence-corrected chi connectivity index (χ1v) is 12.0. The number of aromatic carboxylic acids is 1. The van der Waals surface area contributed by atoms with Gasteiger partial charge in [0.15, 0.2) is 5.82 Å². The molecule has 1 saturated carbocycles. The smallest absolute Gasteiger partial charge is 0.410 e. The molecule has 1 aromatic heterocycles. The number of anilines is 1. The normalized spacial score (nSPS) is 22.4. The van der Waals surface area contributed by atoms with Gasteiger partial charge in [0.2, 0.25) is 5.43 Å². The van der Waals surface area contributed by atoms with Crippen molar-refractivity contribution < 1.29 is 28.2 Å². The van der Waals surface area contributed by atoms with E-state index in [1.807, 2.05) is 0 Å². The molecule has 2 atom stereocenters. The summed E-state index contributed by atoms with van der Waals surface area (Å²) in [6.45, 7) is 6.51. The molecule has 8 nitrogen and oxygen atoms in total. The first kappa shape index (κ1) is 23.6. The second-order valence-corrected chi connectivity index (χ2v) is 10.8. The molecule has 0 radical (unpaired) electrons. The Balaban J connectivity index is 1.55. The van der Waals surface area contributed by atoms with Crippen LogP contribution in [-0.4, -0.2) is 57.9 Å². The first-order chi connectivity index (χ1) is 16.5. The van der Waals surface area contributed by atoms with E-state index in [0.29, 0.717) is 13.1 Å². The molecular formula is C25H29F2N3O5. The van der Waals surface area contributed by atoms with Gasteiger partial charge in [-0.25, -0.2) is 18.4 Å². The highest BCUT2D eigenvalue weighted by molar-refractivity contribution is 5.94. The van der Waals surface area contributed by atoms with E-state index in [4.69, 9.17) is 4.74 Å². The molecule has 2 aromatic rings. The van der Waals surface area contributed by atoms with E-state index in [0.717, 1.165) is 31.7 Å². The van der Waals surface area contributed by atoms with Gasteiger partial charge in [0, 0.05) is 31.9 Å². The molecule has 2 unspecified atom stereocenters. The Kier molecular flexibility index (Phi) is 5.52. The number of nitrogens with zero attached hydrogens (tertiary/aromatic N) is 3. The molecule has 2 aliphatic heterocycles. The Bertz CT molecular complexity index is 1280. The van der Waals surface area contributed by atoms with Gasteiger partial charge in [-0.1, -0.05) is 0 Å².